The lowest BCUT2D eigenvalue weighted by Gasteiger charge is -2.27. The Morgan fingerprint density at radius 1 is 1.37 bits per heavy atom. The lowest BCUT2D eigenvalue weighted by Crippen LogP contribution is -2.27. The van der Waals surface area contributed by atoms with Gasteiger partial charge in [-0.2, -0.15) is 5.10 Å². The van der Waals surface area contributed by atoms with Gasteiger partial charge in [0.05, 0.1) is 5.69 Å². The summed E-state index contributed by atoms with van der Waals surface area (Å²) in [5.74, 6) is 1.43. The van der Waals surface area contributed by atoms with Crippen molar-refractivity contribution in [3.8, 4) is 0 Å². The minimum absolute atomic E-state index is 0.227. The summed E-state index contributed by atoms with van der Waals surface area (Å²) in [7, 11) is 0. The summed E-state index contributed by atoms with van der Waals surface area (Å²) in [4.78, 5) is 12.1. The third kappa shape index (κ3) is 3.26. The van der Waals surface area contributed by atoms with E-state index in [1.165, 1.54) is 12.1 Å². The van der Waals surface area contributed by atoms with Crippen molar-refractivity contribution in [2.45, 2.75) is 65.8 Å². The van der Waals surface area contributed by atoms with E-state index in [9.17, 15) is 4.79 Å². The molecule has 0 radical (unpaired) electrons. The first kappa shape index (κ1) is 14.3. The molecule has 2 rings (SSSR count). The predicted molar refractivity (Wildman–Crippen MR) is 77.1 cm³/mol. The maximum absolute atomic E-state index is 12.1. The Balaban J connectivity index is 2.10. The molecule has 3 heteroatoms. The van der Waals surface area contributed by atoms with E-state index in [1.807, 2.05) is 0 Å². The average molecular weight is 262 g/mol. The van der Waals surface area contributed by atoms with Crippen molar-refractivity contribution in [1.29, 1.82) is 0 Å². The zero-order chi connectivity index (χ0) is 13.8. The Kier molecular flexibility index (Phi) is 4.78. The van der Waals surface area contributed by atoms with Gasteiger partial charge < -0.3 is 0 Å². The number of ketones is 1. The third-order valence-corrected chi connectivity index (χ3v) is 4.48. The number of rotatable bonds is 5. The average Bonchev–Trinajstić information content (AvgIpc) is 2.83. The minimum Gasteiger partial charge on any atom is -0.299 e. The molecule has 0 saturated heterocycles. The van der Waals surface area contributed by atoms with Crippen LogP contribution in [-0.4, -0.2) is 15.6 Å². The van der Waals surface area contributed by atoms with Crippen molar-refractivity contribution < 1.29 is 4.79 Å². The van der Waals surface area contributed by atoms with Gasteiger partial charge in [0, 0.05) is 24.6 Å². The molecule has 1 aromatic rings. The van der Waals surface area contributed by atoms with Crippen LogP contribution < -0.4 is 0 Å². The fraction of sp³-hybridized carbons (Fsp3) is 0.750. The molecule has 0 amide bonds. The second-order valence-electron chi connectivity index (χ2n) is 5.71. The Labute approximate surface area is 116 Å². The SMILES string of the molecule is CCc1cc(CC2CC(CC)CCC2=O)n(CC)n1. The quantitative estimate of drug-likeness (QED) is 0.815. The number of carbonyl (C=O) groups excluding carboxylic acids is 1. The van der Waals surface area contributed by atoms with Crippen LogP contribution >= 0.6 is 0 Å². The van der Waals surface area contributed by atoms with E-state index in [2.05, 4.69) is 36.6 Å². The minimum atomic E-state index is 0.227. The van der Waals surface area contributed by atoms with Crippen LogP contribution in [0.4, 0.5) is 0 Å². The van der Waals surface area contributed by atoms with Crippen LogP contribution in [0.3, 0.4) is 0 Å². The monoisotopic (exact) mass is 262 g/mol. The lowest BCUT2D eigenvalue weighted by molar-refractivity contribution is -0.125. The zero-order valence-electron chi connectivity index (χ0n) is 12.5. The molecule has 19 heavy (non-hydrogen) atoms. The second-order valence-corrected chi connectivity index (χ2v) is 5.71. The van der Waals surface area contributed by atoms with Crippen LogP contribution in [0.2, 0.25) is 0 Å². The summed E-state index contributed by atoms with van der Waals surface area (Å²) in [5.41, 5.74) is 2.39. The van der Waals surface area contributed by atoms with Crippen LogP contribution in [0.15, 0.2) is 6.07 Å². The molecule has 3 nitrogen and oxygen atoms in total. The van der Waals surface area contributed by atoms with Crippen LogP contribution in [0.25, 0.3) is 0 Å². The van der Waals surface area contributed by atoms with Crippen LogP contribution in [-0.2, 0) is 24.2 Å². The predicted octanol–water partition coefficient (Wildman–Crippen LogP) is 3.40. The van der Waals surface area contributed by atoms with E-state index in [0.717, 1.165) is 50.3 Å². The van der Waals surface area contributed by atoms with E-state index < -0.39 is 0 Å². The summed E-state index contributed by atoms with van der Waals surface area (Å²) < 4.78 is 2.07. The summed E-state index contributed by atoms with van der Waals surface area (Å²) in [6, 6.07) is 2.19. The maximum Gasteiger partial charge on any atom is 0.136 e. The standard InChI is InChI=1S/C16H26N2O/c1-4-12-7-8-16(19)13(9-12)10-15-11-14(5-2)17-18(15)6-3/h11-13H,4-10H2,1-3H3. The molecule has 0 N–H and O–H groups in total. The first-order chi connectivity index (χ1) is 9.17. The van der Waals surface area contributed by atoms with Gasteiger partial charge in [-0.3, -0.25) is 9.48 Å². The second kappa shape index (κ2) is 6.36. The number of aromatic nitrogens is 2. The van der Waals surface area contributed by atoms with Gasteiger partial charge in [-0.1, -0.05) is 20.3 Å². The van der Waals surface area contributed by atoms with Gasteiger partial charge in [-0.15, -0.1) is 0 Å². The van der Waals surface area contributed by atoms with E-state index >= 15 is 0 Å². The molecule has 0 aliphatic heterocycles. The Bertz CT molecular complexity index is 436. The Hall–Kier alpha value is -1.12. The molecular weight excluding hydrogens is 236 g/mol. The highest BCUT2D eigenvalue weighted by molar-refractivity contribution is 5.82. The highest BCUT2D eigenvalue weighted by atomic mass is 16.1. The first-order valence-electron chi connectivity index (χ1n) is 7.76. The van der Waals surface area contributed by atoms with Crippen molar-refractivity contribution >= 4 is 5.78 Å². The van der Waals surface area contributed by atoms with Gasteiger partial charge in [-0.25, -0.2) is 0 Å². The van der Waals surface area contributed by atoms with Gasteiger partial charge in [0.15, 0.2) is 0 Å². The van der Waals surface area contributed by atoms with Gasteiger partial charge in [0.25, 0.3) is 0 Å². The molecule has 1 saturated carbocycles. The molecule has 106 valence electrons. The topological polar surface area (TPSA) is 34.9 Å². The molecule has 0 bridgehead atoms. The number of hydrogen-bond acceptors (Lipinski definition) is 2. The summed E-state index contributed by atoms with van der Waals surface area (Å²) in [6.07, 6.45) is 6.01. The largest absolute Gasteiger partial charge is 0.299 e. The number of aryl methyl sites for hydroxylation is 2. The van der Waals surface area contributed by atoms with Gasteiger partial charge in [-0.05, 0) is 44.6 Å². The molecule has 1 aromatic heterocycles. The molecule has 1 fully saturated rings. The fourth-order valence-electron chi connectivity index (χ4n) is 3.15. The van der Waals surface area contributed by atoms with E-state index in [4.69, 9.17) is 0 Å². The van der Waals surface area contributed by atoms with Crippen molar-refractivity contribution in [3.05, 3.63) is 17.5 Å². The van der Waals surface area contributed by atoms with E-state index in [1.54, 1.807) is 0 Å². The third-order valence-electron chi connectivity index (χ3n) is 4.48. The van der Waals surface area contributed by atoms with Crippen molar-refractivity contribution in [3.63, 3.8) is 0 Å². The molecule has 1 heterocycles. The van der Waals surface area contributed by atoms with Crippen LogP contribution in [0, 0.1) is 11.8 Å². The molecular formula is C16H26N2O. The molecule has 2 unspecified atom stereocenters. The Morgan fingerprint density at radius 2 is 2.16 bits per heavy atom. The van der Waals surface area contributed by atoms with E-state index in [-0.39, 0.29) is 5.92 Å². The highest BCUT2D eigenvalue weighted by Crippen LogP contribution is 2.31. The molecule has 0 spiro atoms. The van der Waals surface area contributed by atoms with Crippen molar-refractivity contribution in [2.75, 3.05) is 0 Å². The van der Waals surface area contributed by atoms with E-state index in [0.29, 0.717) is 5.78 Å². The summed E-state index contributed by atoms with van der Waals surface area (Å²) in [6.45, 7) is 7.38. The number of nitrogens with zero attached hydrogens (tertiary/aromatic N) is 2. The first-order valence-corrected chi connectivity index (χ1v) is 7.76. The van der Waals surface area contributed by atoms with Crippen molar-refractivity contribution in [2.24, 2.45) is 11.8 Å². The smallest absolute Gasteiger partial charge is 0.136 e. The van der Waals surface area contributed by atoms with Crippen LogP contribution in [0.5, 0.6) is 0 Å². The summed E-state index contributed by atoms with van der Waals surface area (Å²) >= 11 is 0. The summed E-state index contributed by atoms with van der Waals surface area (Å²) in [5, 5.41) is 4.58. The molecule has 1 aliphatic rings. The normalized spacial score (nSPS) is 23.8. The maximum atomic E-state index is 12.1. The Morgan fingerprint density at radius 3 is 2.79 bits per heavy atom. The highest BCUT2D eigenvalue weighted by Gasteiger charge is 2.28. The van der Waals surface area contributed by atoms with Crippen molar-refractivity contribution in [1.82, 2.24) is 9.78 Å². The zero-order valence-corrected chi connectivity index (χ0v) is 12.5. The molecule has 0 aromatic carbocycles. The fourth-order valence-corrected chi connectivity index (χ4v) is 3.15. The lowest BCUT2D eigenvalue weighted by atomic mass is 9.77. The van der Waals surface area contributed by atoms with Gasteiger partial charge >= 0.3 is 0 Å². The molecule has 1 aliphatic carbocycles. The number of hydrogen-bond donors (Lipinski definition) is 0. The molecule has 2 atom stereocenters. The number of Topliss-reactive ketones (excluding diaryl/α,β-unsaturated/α-hetero) is 1. The number of carbonyl (C=O) groups is 1. The van der Waals surface area contributed by atoms with Gasteiger partial charge in [0.1, 0.15) is 5.78 Å². The van der Waals surface area contributed by atoms with Crippen LogP contribution in [0.1, 0.15) is 57.8 Å². The van der Waals surface area contributed by atoms with Gasteiger partial charge in [0.2, 0.25) is 0 Å².